The van der Waals surface area contributed by atoms with Crippen LogP contribution in [0.4, 0.5) is 0 Å². The van der Waals surface area contributed by atoms with E-state index < -0.39 is 5.97 Å². The normalized spacial score (nSPS) is 41.8. The molecule has 1 N–H and O–H groups in total. The molecule has 0 aromatic rings. The quantitative estimate of drug-likeness (QED) is 0.567. The van der Waals surface area contributed by atoms with Crippen molar-refractivity contribution >= 4 is 18.4 Å². The summed E-state index contributed by atoms with van der Waals surface area (Å²) < 4.78 is 0. The van der Waals surface area contributed by atoms with E-state index in [9.17, 15) is 4.79 Å². The predicted molar refractivity (Wildman–Crippen MR) is 38.4 cm³/mol. The summed E-state index contributed by atoms with van der Waals surface area (Å²) in [5, 5.41) is 8.52. The minimum atomic E-state index is -0.639. The van der Waals surface area contributed by atoms with Gasteiger partial charge in [0, 0.05) is 6.04 Å². The second-order valence-corrected chi connectivity index (χ2v) is 2.73. The fourth-order valence-electron chi connectivity index (χ4n) is 1.75. The lowest BCUT2D eigenvalue weighted by molar-refractivity contribution is -0.137. The highest BCUT2D eigenvalue weighted by Gasteiger charge is 2.54. The molecule has 2 heterocycles. The maximum atomic E-state index is 10.3. The first kappa shape index (κ1) is 7.82. The molecule has 3 atom stereocenters. The average molecular weight is 164 g/mol. The maximum absolute atomic E-state index is 10.3. The number of carboxylic acid groups (broad SMARTS) is 1. The zero-order valence-corrected chi connectivity index (χ0v) is 6.30. The van der Waals surface area contributed by atoms with Crippen LogP contribution in [0.15, 0.2) is 0 Å². The van der Waals surface area contributed by atoms with Crippen LogP contribution < -0.4 is 0 Å². The van der Waals surface area contributed by atoms with Gasteiger partial charge in [-0.3, -0.25) is 9.69 Å². The van der Waals surface area contributed by atoms with Crippen molar-refractivity contribution in [3.05, 3.63) is 0 Å². The molecule has 0 aliphatic carbocycles. The third kappa shape index (κ3) is 0.896. The molecule has 0 spiro atoms. The molecule has 0 saturated carbocycles. The summed E-state index contributed by atoms with van der Waals surface area (Å²) in [7, 11) is 0. The Morgan fingerprint density at radius 3 is 2.60 bits per heavy atom. The molecule has 3 nitrogen and oxygen atoms in total. The number of hydrogen-bond donors (Lipinski definition) is 1. The number of fused-ring (bicyclic) bond motifs is 1. The van der Waals surface area contributed by atoms with Crippen LogP contribution in [0.25, 0.3) is 0 Å². The Kier molecular flexibility index (Phi) is 1.88. The first-order valence-electron chi connectivity index (χ1n) is 3.29. The van der Waals surface area contributed by atoms with Crippen LogP contribution in [0.3, 0.4) is 0 Å². The third-order valence-electron chi connectivity index (χ3n) is 2.23. The van der Waals surface area contributed by atoms with E-state index in [1.807, 2.05) is 4.90 Å². The zero-order valence-electron chi connectivity index (χ0n) is 5.49. The molecule has 58 valence electrons. The summed E-state index contributed by atoms with van der Waals surface area (Å²) >= 11 is 0. The molecule has 2 rings (SSSR count). The molecule has 0 aromatic carbocycles. The summed E-state index contributed by atoms with van der Waals surface area (Å²) in [4.78, 5) is 12.4. The Bertz CT molecular complexity index is 152. The molecular formula is C6H10ClNO2. The van der Waals surface area contributed by atoms with E-state index in [4.69, 9.17) is 5.11 Å². The maximum Gasteiger partial charge on any atom is 0.322 e. The first-order valence-corrected chi connectivity index (χ1v) is 3.29. The highest BCUT2D eigenvalue weighted by atomic mass is 35.5. The van der Waals surface area contributed by atoms with E-state index in [-0.39, 0.29) is 18.4 Å². The number of aliphatic carboxylic acids is 1. The van der Waals surface area contributed by atoms with Crippen molar-refractivity contribution in [1.82, 2.24) is 4.90 Å². The van der Waals surface area contributed by atoms with Crippen LogP contribution in [0.2, 0.25) is 0 Å². The van der Waals surface area contributed by atoms with Gasteiger partial charge in [-0.05, 0) is 19.4 Å². The first-order chi connectivity index (χ1) is 4.30. The van der Waals surface area contributed by atoms with Crippen LogP contribution in [0.5, 0.6) is 0 Å². The lowest BCUT2D eigenvalue weighted by atomic mass is 10.2. The van der Waals surface area contributed by atoms with Crippen LogP contribution in [-0.4, -0.2) is 34.6 Å². The van der Waals surface area contributed by atoms with Gasteiger partial charge >= 0.3 is 5.97 Å². The van der Waals surface area contributed by atoms with Gasteiger partial charge in [0.1, 0.15) is 6.04 Å². The Morgan fingerprint density at radius 2 is 2.30 bits per heavy atom. The molecule has 0 aromatic heterocycles. The molecule has 3 unspecified atom stereocenters. The molecule has 2 aliphatic rings. The summed E-state index contributed by atoms with van der Waals surface area (Å²) in [5.41, 5.74) is 0. The Hall–Kier alpha value is -0.280. The van der Waals surface area contributed by atoms with Gasteiger partial charge in [0.25, 0.3) is 0 Å². The third-order valence-corrected chi connectivity index (χ3v) is 2.23. The number of carbonyl (C=O) groups is 1. The fraction of sp³-hybridized carbons (Fsp3) is 0.833. The topological polar surface area (TPSA) is 40.3 Å². The largest absolute Gasteiger partial charge is 0.480 e. The molecular weight excluding hydrogens is 154 g/mol. The van der Waals surface area contributed by atoms with Crippen LogP contribution in [0, 0.1) is 0 Å². The standard InChI is InChI=1S/C6H9NO2.ClH/c8-6(9)5-4-2-1-3-7(4)5;/h4-5H,1-3H2,(H,8,9);1H. The monoisotopic (exact) mass is 163 g/mol. The summed E-state index contributed by atoms with van der Waals surface area (Å²) in [6.07, 6.45) is 2.28. The van der Waals surface area contributed by atoms with Crippen molar-refractivity contribution in [2.24, 2.45) is 0 Å². The average Bonchev–Trinajstić information content (AvgIpc) is 2.30. The molecule has 2 fully saturated rings. The smallest absolute Gasteiger partial charge is 0.322 e. The van der Waals surface area contributed by atoms with E-state index in [2.05, 4.69) is 0 Å². The van der Waals surface area contributed by atoms with Crippen molar-refractivity contribution in [1.29, 1.82) is 0 Å². The van der Waals surface area contributed by atoms with Gasteiger partial charge in [0.15, 0.2) is 0 Å². The summed E-state index contributed by atoms with van der Waals surface area (Å²) in [5.74, 6) is -0.639. The number of hydrogen-bond acceptors (Lipinski definition) is 2. The Labute approximate surface area is 65.4 Å². The molecule has 10 heavy (non-hydrogen) atoms. The van der Waals surface area contributed by atoms with E-state index >= 15 is 0 Å². The van der Waals surface area contributed by atoms with Gasteiger partial charge in [-0.1, -0.05) is 0 Å². The number of halogens is 1. The highest BCUT2D eigenvalue weighted by Crippen LogP contribution is 2.37. The fourth-order valence-corrected chi connectivity index (χ4v) is 1.75. The van der Waals surface area contributed by atoms with Crippen LogP contribution >= 0.6 is 12.4 Å². The molecule has 2 aliphatic heterocycles. The van der Waals surface area contributed by atoms with E-state index in [1.54, 1.807) is 0 Å². The Balaban J connectivity index is 0.000000500. The predicted octanol–water partition coefficient (Wildman–Crippen LogP) is 0.339. The van der Waals surface area contributed by atoms with Crippen molar-refractivity contribution in [3.63, 3.8) is 0 Å². The highest BCUT2D eigenvalue weighted by molar-refractivity contribution is 5.85. The lowest BCUT2D eigenvalue weighted by Crippen LogP contribution is -2.14. The van der Waals surface area contributed by atoms with Crippen molar-refractivity contribution < 1.29 is 9.90 Å². The number of rotatable bonds is 1. The number of carboxylic acids is 1. The number of piperidine rings is 1. The molecule has 2 saturated heterocycles. The lowest BCUT2D eigenvalue weighted by Gasteiger charge is -1.93. The minimum Gasteiger partial charge on any atom is -0.480 e. The van der Waals surface area contributed by atoms with Gasteiger partial charge in [-0.15, -0.1) is 12.4 Å². The Morgan fingerprint density at radius 1 is 1.60 bits per heavy atom. The van der Waals surface area contributed by atoms with E-state index in [0.717, 1.165) is 13.0 Å². The van der Waals surface area contributed by atoms with Crippen LogP contribution in [0.1, 0.15) is 12.8 Å². The second kappa shape index (κ2) is 2.40. The molecule has 0 bridgehead atoms. The second-order valence-electron chi connectivity index (χ2n) is 2.73. The van der Waals surface area contributed by atoms with Gasteiger partial charge < -0.3 is 5.11 Å². The van der Waals surface area contributed by atoms with Gasteiger partial charge in [-0.25, -0.2) is 0 Å². The van der Waals surface area contributed by atoms with Crippen molar-refractivity contribution in [3.8, 4) is 0 Å². The van der Waals surface area contributed by atoms with Gasteiger partial charge in [-0.2, -0.15) is 0 Å². The zero-order chi connectivity index (χ0) is 6.43. The van der Waals surface area contributed by atoms with Crippen LogP contribution in [-0.2, 0) is 4.79 Å². The van der Waals surface area contributed by atoms with Gasteiger partial charge in [0.05, 0.1) is 0 Å². The molecule has 4 heteroatoms. The van der Waals surface area contributed by atoms with Gasteiger partial charge in [0.2, 0.25) is 0 Å². The van der Waals surface area contributed by atoms with E-state index in [0.29, 0.717) is 6.04 Å². The molecule has 0 amide bonds. The molecule has 0 radical (unpaired) electrons. The number of nitrogens with zero attached hydrogens (tertiary/aromatic N) is 1. The summed E-state index contributed by atoms with van der Waals surface area (Å²) in [6.45, 7) is 1.00. The minimum absolute atomic E-state index is 0. The van der Waals surface area contributed by atoms with E-state index in [1.165, 1.54) is 6.42 Å². The summed E-state index contributed by atoms with van der Waals surface area (Å²) in [6, 6.07) is 0.293. The van der Waals surface area contributed by atoms with Crippen molar-refractivity contribution in [2.45, 2.75) is 24.9 Å². The SMILES string of the molecule is Cl.O=C(O)C1C2CCCN21. The van der Waals surface area contributed by atoms with Crippen molar-refractivity contribution in [2.75, 3.05) is 6.54 Å².